The average molecular weight is 462 g/mol. The lowest BCUT2D eigenvalue weighted by Gasteiger charge is -2.32. The number of ketones is 1. The number of methoxy groups -OCH3 is 1. The number of aromatic nitrogens is 1. The Hall–Kier alpha value is -3.81. The SMILES string of the molecule is CCOC(=O)N(C)C1CCc2ccc(C3=CC(=O)C4=CC(c5cnco5)=C(OC)CC4N3)cc21. The van der Waals surface area contributed by atoms with Crippen molar-refractivity contribution in [1.29, 1.82) is 0 Å². The maximum Gasteiger partial charge on any atom is 0.410 e. The van der Waals surface area contributed by atoms with Crippen LogP contribution in [0.1, 0.15) is 48.3 Å². The van der Waals surface area contributed by atoms with Gasteiger partial charge in [0.05, 0.1) is 37.6 Å². The smallest absolute Gasteiger partial charge is 0.410 e. The largest absolute Gasteiger partial charge is 0.500 e. The summed E-state index contributed by atoms with van der Waals surface area (Å²) in [7, 11) is 3.39. The Morgan fingerprint density at radius 3 is 2.91 bits per heavy atom. The molecule has 2 unspecified atom stereocenters. The van der Waals surface area contributed by atoms with Gasteiger partial charge in [0.1, 0.15) is 5.76 Å². The van der Waals surface area contributed by atoms with Crippen LogP contribution in [0.25, 0.3) is 11.3 Å². The molecule has 176 valence electrons. The molecule has 8 nitrogen and oxygen atoms in total. The first-order valence-corrected chi connectivity index (χ1v) is 11.4. The molecule has 0 saturated carbocycles. The number of hydrogen-bond acceptors (Lipinski definition) is 7. The van der Waals surface area contributed by atoms with Gasteiger partial charge in [0.2, 0.25) is 0 Å². The summed E-state index contributed by atoms with van der Waals surface area (Å²) >= 11 is 0. The second-order valence-corrected chi connectivity index (χ2v) is 8.61. The van der Waals surface area contributed by atoms with Gasteiger partial charge in [-0.3, -0.25) is 4.79 Å². The van der Waals surface area contributed by atoms with E-state index < -0.39 is 0 Å². The number of benzene rings is 1. The first-order valence-electron chi connectivity index (χ1n) is 11.4. The van der Waals surface area contributed by atoms with Crippen molar-refractivity contribution in [3.63, 3.8) is 0 Å². The van der Waals surface area contributed by atoms with E-state index in [1.54, 1.807) is 38.3 Å². The number of ether oxygens (including phenoxy) is 2. The van der Waals surface area contributed by atoms with E-state index in [1.807, 2.05) is 12.1 Å². The van der Waals surface area contributed by atoms with Gasteiger partial charge in [-0.1, -0.05) is 12.1 Å². The minimum absolute atomic E-state index is 0.0494. The van der Waals surface area contributed by atoms with Gasteiger partial charge in [-0.25, -0.2) is 9.78 Å². The summed E-state index contributed by atoms with van der Waals surface area (Å²) in [5.41, 5.74) is 5.39. The number of carbonyl (C=O) groups is 2. The molecule has 1 N–H and O–H groups in total. The molecule has 1 aliphatic heterocycles. The molecule has 2 heterocycles. The van der Waals surface area contributed by atoms with Crippen LogP contribution >= 0.6 is 0 Å². The predicted molar refractivity (Wildman–Crippen MR) is 125 cm³/mol. The van der Waals surface area contributed by atoms with Crippen LogP contribution in [0.4, 0.5) is 4.79 Å². The van der Waals surface area contributed by atoms with Gasteiger partial charge in [-0.05, 0) is 48.6 Å². The first kappa shape index (κ1) is 22.0. The number of hydrogen-bond donors (Lipinski definition) is 1. The average Bonchev–Trinajstić information content (AvgIpc) is 3.53. The molecule has 8 heteroatoms. The Labute approximate surface area is 197 Å². The lowest BCUT2D eigenvalue weighted by Crippen LogP contribution is -2.38. The fourth-order valence-electron chi connectivity index (χ4n) is 4.98. The lowest BCUT2D eigenvalue weighted by atomic mass is 9.86. The van der Waals surface area contributed by atoms with Gasteiger partial charge in [0.25, 0.3) is 0 Å². The molecule has 0 fully saturated rings. The van der Waals surface area contributed by atoms with Crippen molar-refractivity contribution in [3.8, 4) is 0 Å². The van der Waals surface area contributed by atoms with Gasteiger partial charge < -0.3 is 24.1 Å². The second kappa shape index (κ2) is 8.85. The summed E-state index contributed by atoms with van der Waals surface area (Å²) in [6.45, 7) is 2.15. The van der Waals surface area contributed by atoms with Gasteiger partial charge in [0.15, 0.2) is 17.9 Å². The minimum Gasteiger partial charge on any atom is -0.500 e. The lowest BCUT2D eigenvalue weighted by molar-refractivity contribution is -0.111. The van der Waals surface area contributed by atoms with Crippen LogP contribution in [0.2, 0.25) is 0 Å². The topological polar surface area (TPSA) is 93.9 Å². The number of carbonyl (C=O) groups excluding carboxylic acids is 2. The predicted octanol–water partition coefficient (Wildman–Crippen LogP) is 4.02. The van der Waals surface area contributed by atoms with E-state index >= 15 is 0 Å². The number of aryl methyl sites for hydroxylation is 1. The summed E-state index contributed by atoms with van der Waals surface area (Å²) < 4.78 is 16.3. The van der Waals surface area contributed by atoms with Crippen LogP contribution in [-0.2, 0) is 20.7 Å². The monoisotopic (exact) mass is 461 g/mol. The van der Waals surface area contributed by atoms with Crippen LogP contribution in [-0.4, -0.2) is 48.6 Å². The summed E-state index contributed by atoms with van der Waals surface area (Å²) in [4.78, 5) is 31.1. The quantitative estimate of drug-likeness (QED) is 0.719. The van der Waals surface area contributed by atoms with Gasteiger partial charge in [0, 0.05) is 30.8 Å². The molecule has 0 radical (unpaired) electrons. The molecule has 2 atom stereocenters. The first-order chi connectivity index (χ1) is 16.5. The normalized spacial score (nSPS) is 21.2. The molecule has 2 aromatic rings. The molecule has 5 rings (SSSR count). The van der Waals surface area contributed by atoms with Crippen LogP contribution in [0.15, 0.2) is 58.7 Å². The minimum atomic E-state index is -0.325. The Kier molecular flexibility index (Phi) is 5.73. The van der Waals surface area contributed by atoms with E-state index in [4.69, 9.17) is 13.9 Å². The molecule has 0 saturated heterocycles. The Morgan fingerprint density at radius 2 is 2.18 bits per heavy atom. The Bertz CT molecular complexity index is 1230. The summed E-state index contributed by atoms with van der Waals surface area (Å²) in [5, 5.41) is 3.52. The molecule has 1 aromatic carbocycles. The van der Waals surface area contributed by atoms with Crippen molar-refractivity contribution in [1.82, 2.24) is 15.2 Å². The highest BCUT2D eigenvalue weighted by molar-refractivity contribution is 6.12. The highest BCUT2D eigenvalue weighted by atomic mass is 16.6. The zero-order valence-electron chi connectivity index (χ0n) is 19.5. The van der Waals surface area contributed by atoms with E-state index in [0.717, 1.165) is 41.0 Å². The fourth-order valence-corrected chi connectivity index (χ4v) is 4.98. The molecule has 0 spiro atoms. The Morgan fingerprint density at radius 1 is 1.32 bits per heavy atom. The van der Waals surface area contributed by atoms with Gasteiger partial charge >= 0.3 is 6.09 Å². The molecule has 1 amide bonds. The van der Waals surface area contributed by atoms with Crippen LogP contribution in [0.3, 0.4) is 0 Å². The third kappa shape index (κ3) is 3.79. The highest BCUT2D eigenvalue weighted by Crippen LogP contribution is 2.39. The highest BCUT2D eigenvalue weighted by Gasteiger charge is 2.34. The molecule has 2 aliphatic carbocycles. The van der Waals surface area contributed by atoms with Crippen LogP contribution in [0, 0.1) is 0 Å². The zero-order chi connectivity index (χ0) is 23.8. The number of nitrogens with one attached hydrogen (secondary N) is 1. The van der Waals surface area contributed by atoms with Crippen molar-refractivity contribution in [3.05, 3.63) is 76.7 Å². The van der Waals surface area contributed by atoms with Crippen molar-refractivity contribution >= 4 is 23.1 Å². The maximum atomic E-state index is 13.1. The van der Waals surface area contributed by atoms with Crippen molar-refractivity contribution in [2.24, 2.45) is 0 Å². The molecule has 1 aromatic heterocycles. The van der Waals surface area contributed by atoms with Crippen molar-refractivity contribution in [2.45, 2.75) is 38.3 Å². The van der Waals surface area contributed by atoms with Crippen LogP contribution < -0.4 is 5.32 Å². The zero-order valence-corrected chi connectivity index (χ0v) is 19.5. The van der Waals surface area contributed by atoms with Crippen LogP contribution in [0.5, 0.6) is 0 Å². The standard InChI is InChI=1S/C26H27N3O5/c1-4-33-26(31)29(2)22-8-7-15-5-6-16(9-17(15)22)20-11-23(30)18-10-19(25-13-27-14-34-25)24(32-3)12-21(18)28-20/h5-6,9-11,13-14,21-22,28H,4,7-8,12H2,1-3H3. The third-order valence-electron chi connectivity index (χ3n) is 6.73. The number of fused-ring (bicyclic) bond motifs is 2. The molecular weight excluding hydrogens is 434 g/mol. The summed E-state index contributed by atoms with van der Waals surface area (Å²) in [5.74, 6) is 1.25. The second-order valence-electron chi connectivity index (χ2n) is 8.61. The van der Waals surface area contributed by atoms with E-state index in [2.05, 4.69) is 22.4 Å². The molecule has 34 heavy (non-hydrogen) atoms. The maximum absolute atomic E-state index is 13.1. The van der Waals surface area contributed by atoms with Crippen molar-refractivity contribution in [2.75, 3.05) is 20.8 Å². The van der Waals surface area contributed by atoms with Gasteiger partial charge in [-0.2, -0.15) is 0 Å². The van der Waals surface area contributed by atoms with E-state index in [1.165, 1.54) is 12.0 Å². The fraction of sp³-hybridized carbons (Fsp3) is 0.346. The molecule has 0 bridgehead atoms. The molecular formula is C26H27N3O5. The summed E-state index contributed by atoms with van der Waals surface area (Å²) in [6, 6.07) is 5.94. The van der Waals surface area contributed by atoms with Gasteiger partial charge in [-0.15, -0.1) is 0 Å². The van der Waals surface area contributed by atoms with E-state index in [9.17, 15) is 9.59 Å². The van der Waals surface area contributed by atoms with E-state index in [0.29, 0.717) is 24.4 Å². The number of nitrogens with zero attached hydrogens (tertiary/aromatic N) is 2. The Balaban J connectivity index is 1.44. The number of allylic oxidation sites excluding steroid dienone is 3. The summed E-state index contributed by atoms with van der Waals surface area (Å²) in [6.07, 6.45) is 8.37. The molecule has 3 aliphatic rings. The third-order valence-corrected chi connectivity index (χ3v) is 6.73. The number of amides is 1. The van der Waals surface area contributed by atoms with Crippen molar-refractivity contribution < 1.29 is 23.5 Å². The van der Waals surface area contributed by atoms with E-state index in [-0.39, 0.29) is 24.0 Å². The number of oxazole rings is 1. The number of rotatable bonds is 5.